The van der Waals surface area contributed by atoms with Gasteiger partial charge in [-0.3, -0.25) is 9.69 Å². The van der Waals surface area contributed by atoms with Crippen molar-refractivity contribution in [2.75, 3.05) is 24.6 Å². The number of hydrogen-bond donors (Lipinski definition) is 0. The number of anilines is 1. The van der Waals surface area contributed by atoms with E-state index in [1.54, 1.807) is 6.92 Å². The number of fused-ring (bicyclic) bond motifs is 2. The van der Waals surface area contributed by atoms with Crippen LogP contribution in [0.1, 0.15) is 55.9 Å². The van der Waals surface area contributed by atoms with E-state index in [-0.39, 0.29) is 5.91 Å². The Morgan fingerprint density at radius 2 is 1.90 bits per heavy atom. The second-order valence-corrected chi connectivity index (χ2v) is 8.77. The number of carbonyl (C=O) groups is 1. The average Bonchev–Trinajstić information content (AvgIpc) is 2.72. The zero-order chi connectivity index (χ0) is 20.5. The normalized spacial score (nSPS) is 17.5. The molecule has 2 aliphatic heterocycles. The summed E-state index contributed by atoms with van der Waals surface area (Å²) < 4.78 is 5.75. The minimum absolute atomic E-state index is 0.0729. The summed E-state index contributed by atoms with van der Waals surface area (Å²) in [5.74, 6) is 1.26. The fraction of sp³-hybridized carbons (Fsp3) is 0.480. The summed E-state index contributed by atoms with van der Waals surface area (Å²) in [6.07, 6.45) is 2.14. The molecule has 2 aliphatic rings. The highest BCUT2D eigenvalue weighted by Gasteiger charge is 2.23. The summed E-state index contributed by atoms with van der Waals surface area (Å²) in [7, 11) is 0. The standard InChI is InChI=1S/C25H32N2O2/c1-17(2)26-10-9-21-6-5-20(14-23(21)16-26)13-18(3)22-7-8-25-24(15-22)27(19(4)28)11-12-29-25/h5-8,14-15,17-18H,9-13,16H2,1-4H3. The maximum Gasteiger partial charge on any atom is 0.224 e. The fourth-order valence-corrected chi connectivity index (χ4v) is 4.54. The van der Waals surface area contributed by atoms with E-state index in [0.29, 0.717) is 25.1 Å². The minimum Gasteiger partial charge on any atom is -0.490 e. The average molecular weight is 393 g/mol. The first-order chi connectivity index (χ1) is 13.9. The quantitative estimate of drug-likeness (QED) is 0.766. The number of nitrogens with zero attached hydrogens (tertiary/aromatic N) is 2. The van der Waals surface area contributed by atoms with Crippen LogP contribution in [0.15, 0.2) is 36.4 Å². The maximum atomic E-state index is 12.0. The van der Waals surface area contributed by atoms with Crippen molar-refractivity contribution in [2.45, 2.75) is 59.0 Å². The maximum absolute atomic E-state index is 12.0. The molecule has 29 heavy (non-hydrogen) atoms. The van der Waals surface area contributed by atoms with Crippen molar-refractivity contribution in [1.82, 2.24) is 4.90 Å². The molecule has 0 N–H and O–H groups in total. The van der Waals surface area contributed by atoms with E-state index < -0.39 is 0 Å². The monoisotopic (exact) mass is 392 g/mol. The highest BCUT2D eigenvalue weighted by atomic mass is 16.5. The lowest BCUT2D eigenvalue weighted by molar-refractivity contribution is -0.116. The van der Waals surface area contributed by atoms with Crippen LogP contribution in [-0.4, -0.2) is 36.5 Å². The highest BCUT2D eigenvalue weighted by molar-refractivity contribution is 5.93. The second kappa shape index (κ2) is 8.19. The van der Waals surface area contributed by atoms with E-state index in [2.05, 4.69) is 56.0 Å². The van der Waals surface area contributed by atoms with Crippen molar-refractivity contribution in [3.05, 3.63) is 58.7 Å². The molecular weight excluding hydrogens is 360 g/mol. The molecule has 0 aliphatic carbocycles. The molecule has 0 aromatic heterocycles. The van der Waals surface area contributed by atoms with Gasteiger partial charge in [-0.1, -0.05) is 31.2 Å². The third kappa shape index (κ3) is 4.18. The summed E-state index contributed by atoms with van der Waals surface area (Å²) in [5, 5.41) is 0. The predicted molar refractivity (Wildman–Crippen MR) is 118 cm³/mol. The van der Waals surface area contributed by atoms with Crippen LogP contribution in [0.4, 0.5) is 5.69 Å². The van der Waals surface area contributed by atoms with Crippen LogP contribution in [-0.2, 0) is 24.2 Å². The van der Waals surface area contributed by atoms with Gasteiger partial charge >= 0.3 is 0 Å². The molecule has 0 fully saturated rings. The molecule has 2 aromatic carbocycles. The van der Waals surface area contributed by atoms with E-state index >= 15 is 0 Å². The first-order valence-corrected chi connectivity index (χ1v) is 10.8. The first kappa shape index (κ1) is 20.0. The number of hydrogen-bond acceptors (Lipinski definition) is 3. The Balaban J connectivity index is 1.53. The van der Waals surface area contributed by atoms with Gasteiger partial charge in [-0.05, 0) is 67.0 Å². The molecule has 1 amide bonds. The summed E-state index contributed by atoms with van der Waals surface area (Å²) >= 11 is 0. The number of ether oxygens (including phenoxy) is 1. The van der Waals surface area contributed by atoms with Crippen molar-refractivity contribution >= 4 is 11.6 Å². The van der Waals surface area contributed by atoms with E-state index in [9.17, 15) is 4.79 Å². The van der Waals surface area contributed by atoms with Crippen LogP contribution < -0.4 is 9.64 Å². The van der Waals surface area contributed by atoms with Crippen LogP contribution >= 0.6 is 0 Å². The topological polar surface area (TPSA) is 32.8 Å². The summed E-state index contributed by atoms with van der Waals surface area (Å²) in [4.78, 5) is 16.4. The Labute approximate surface area is 174 Å². The number of benzene rings is 2. The van der Waals surface area contributed by atoms with Crippen molar-refractivity contribution < 1.29 is 9.53 Å². The Morgan fingerprint density at radius 1 is 1.07 bits per heavy atom. The highest BCUT2D eigenvalue weighted by Crippen LogP contribution is 2.35. The second-order valence-electron chi connectivity index (χ2n) is 8.77. The SMILES string of the molecule is CC(=O)N1CCOc2ccc(C(C)Cc3ccc4c(c3)CN(C(C)C)CC4)cc21. The molecule has 0 saturated carbocycles. The molecule has 2 aromatic rings. The summed E-state index contributed by atoms with van der Waals surface area (Å²) in [5.41, 5.74) is 6.53. The van der Waals surface area contributed by atoms with E-state index in [4.69, 9.17) is 4.74 Å². The van der Waals surface area contributed by atoms with E-state index in [1.165, 1.54) is 22.3 Å². The first-order valence-electron chi connectivity index (χ1n) is 10.8. The molecule has 4 heteroatoms. The zero-order valence-electron chi connectivity index (χ0n) is 18.1. The van der Waals surface area contributed by atoms with Gasteiger partial charge in [0, 0.05) is 26.1 Å². The van der Waals surface area contributed by atoms with Gasteiger partial charge in [0.05, 0.1) is 12.2 Å². The van der Waals surface area contributed by atoms with Gasteiger partial charge in [0.2, 0.25) is 5.91 Å². The molecular formula is C25H32N2O2. The van der Waals surface area contributed by atoms with Crippen LogP contribution in [0.5, 0.6) is 5.75 Å². The number of rotatable bonds is 4. The third-order valence-corrected chi connectivity index (χ3v) is 6.38. The van der Waals surface area contributed by atoms with E-state index in [1.807, 2.05) is 11.0 Å². The van der Waals surface area contributed by atoms with Gasteiger partial charge in [0.25, 0.3) is 0 Å². The smallest absolute Gasteiger partial charge is 0.224 e. The van der Waals surface area contributed by atoms with Crippen LogP contribution in [0.3, 0.4) is 0 Å². The predicted octanol–water partition coefficient (Wildman–Crippen LogP) is 4.54. The van der Waals surface area contributed by atoms with Gasteiger partial charge in [0.1, 0.15) is 12.4 Å². The molecule has 1 unspecified atom stereocenters. The Morgan fingerprint density at radius 3 is 2.66 bits per heavy atom. The third-order valence-electron chi connectivity index (χ3n) is 6.38. The molecule has 2 heterocycles. The van der Waals surface area contributed by atoms with E-state index in [0.717, 1.165) is 37.4 Å². The van der Waals surface area contributed by atoms with Crippen molar-refractivity contribution in [3.8, 4) is 5.75 Å². The van der Waals surface area contributed by atoms with Gasteiger partial charge in [-0.15, -0.1) is 0 Å². The molecule has 1 atom stereocenters. The van der Waals surface area contributed by atoms with Crippen molar-refractivity contribution in [3.63, 3.8) is 0 Å². The van der Waals surface area contributed by atoms with Gasteiger partial charge in [-0.25, -0.2) is 0 Å². The molecule has 154 valence electrons. The summed E-state index contributed by atoms with van der Waals surface area (Å²) in [6, 6.07) is 13.9. The zero-order valence-corrected chi connectivity index (χ0v) is 18.1. The van der Waals surface area contributed by atoms with Gasteiger partial charge in [0.15, 0.2) is 0 Å². The van der Waals surface area contributed by atoms with Crippen molar-refractivity contribution in [1.29, 1.82) is 0 Å². The molecule has 0 bridgehead atoms. The van der Waals surface area contributed by atoms with Gasteiger partial charge < -0.3 is 9.64 Å². The number of amides is 1. The fourth-order valence-electron chi connectivity index (χ4n) is 4.54. The minimum atomic E-state index is 0.0729. The van der Waals surface area contributed by atoms with Crippen LogP contribution in [0.2, 0.25) is 0 Å². The molecule has 0 saturated heterocycles. The lowest BCUT2D eigenvalue weighted by atomic mass is 9.90. The lowest BCUT2D eigenvalue weighted by Crippen LogP contribution is -2.36. The molecule has 4 nitrogen and oxygen atoms in total. The van der Waals surface area contributed by atoms with Crippen LogP contribution in [0, 0.1) is 0 Å². The Bertz CT molecular complexity index is 906. The lowest BCUT2D eigenvalue weighted by Gasteiger charge is -2.32. The van der Waals surface area contributed by atoms with Crippen molar-refractivity contribution in [2.24, 2.45) is 0 Å². The Kier molecular flexibility index (Phi) is 5.64. The number of carbonyl (C=O) groups excluding carboxylic acids is 1. The largest absolute Gasteiger partial charge is 0.490 e. The molecule has 0 radical (unpaired) electrons. The van der Waals surface area contributed by atoms with Crippen LogP contribution in [0.25, 0.3) is 0 Å². The van der Waals surface area contributed by atoms with Gasteiger partial charge in [-0.2, -0.15) is 0 Å². The summed E-state index contributed by atoms with van der Waals surface area (Å²) in [6.45, 7) is 11.8. The molecule has 0 spiro atoms. The Hall–Kier alpha value is -2.33. The molecule has 4 rings (SSSR count).